The van der Waals surface area contributed by atoms with E-state index in [2.05, 4.69) is 5.32 Å². The zero-order valence-electron chi connectivity index (χ0n) is 12.1. The lowest BCUT2D eigenvalue weighted by Gasteiger charge is -2.22. The van der Waals surface area contributed by atoms with E-state index in [4.69, 9.17) is 9.84 Å². The van der Waals surface area contributed by atoms with Crippen molar-refractivity contribution in [1.82, 2.24) is 11.5 Å². The van der Waals surface area contributed by atoms with Gasteiger partial charge in [0.1, 0.15) is 11.6 Å². The summed E-state index contributed by atoms with van der Waals surface area (Å²) in [5, 5.41) is 11.5. The quantitative estimate of drug-likeness (QED) is 0.785. The van der Waals surface area contributed by atoms with Gasteiger partial charge in [0.15, 0.2) is 0 Å². The number of rotatable bonds is 4. The van der Waals surface area contributed by atoms with Crippen LogP contribution in [0.2, 0.25) is 0 Å². The summed E-state index contributed by atoms with van der Waals surface area (Å²) in [7, 11) is 0. The van der Waals surface area contributed by atoms with Crippen LogP contribution in [0.1, 0.15) is 26.3 Å². The van der Waals surface area contributed by atoms with Gasteiger partial charge in [-0.3, -0.25) is 0 Å². The smallest absolute Gasteiger partial charge is 0.408 e. The molecule has 0 aliphatic heterocycles. The number of carbonyl (C=O) groups excluding carboxylic acids is 1. The Hall–Kier alpha value is -2.08. The third-order valence-electron chi connectivity index (χ3n) is 2.27. The van der Waals surface area contributed by atoms with Crippen molar-refractivity contribution >= 4 is 12.1 Å². The summed E-state index contributed by atoms with van der Waals surface area (Å²) in [5.41, 5.74) is 0.186. The van der Waals surface area contributed by atoms with Crippen LogP contribution in [0, 0.1) is 0 Å². The topological polar surface area (TPSA) is 111 Å². The molecule has 0 heterocycles. The lowest BCUT2D eigenvalue weighted by atomic mass is 10.1. The Morgan fingerprint density at radius 1 is 1.25 bits per heavy atom. The van der Waals surface area contributed by atoms with Gasteiger partial charge < -0.3 is 21.3 Å². The Morgan fingerprint density at radius 2 is 1.80 bits per heavy atom. The van der Waals surface area contributed by atoms with Crippen molar-refractivity contribution < 1.29 is 19.4 Å². The molecule has 112 valence electrons. The van der Waals surface area contributed by atoms with Gasteiger partial charge in [-0.15, -0.1) is 0 Å². The van der Waals surface area contributed by atoms with Crippen molar-refractivity contribution in [3.63, 3.8) is 0 Å². The number of benzene rings is 1. The second-order valence-corrected chi connectivity index (χ2v) is 5.23. The van der Waals surface area contributed by atoms with Crippen molar-refractivity contribution in [2.24, 2.45) is 0 Å². The summed E-state index contributed by atoms with van der Waals surface area (Å²) >= 11 is 0. The van der Waals surface area contributed by atoms with Crippen molar-refractivity contribution in [3.8, 4) is 0 Å². The van der Waals surface area contributed by atoms with Crippen molar-refractivity contribution in [3.05, 3.63) is 35.9 Å². The Bertz CT molecular complexity index is 440. The Kier molecular flexibility index (Phi) is 6.72. The molecule has 0 aliphatic rings. The molecule has 0 saturated heterocycles. The van der Waals surface area contributed by atoms with Crippen molar-refractivity contribution in [1.29, 1.82) is 0 Å². The first kappa shape index (κ1) is 17.9. The fourth-order valence-corrected chi connectivity index (χ4v) is 1.50. The molecule has 0 bridgehead atoms. The van der Waals surface area contributed by atoms with E-state index in [9.17, 15) is 9.59 Å². The molecule has 0 radical (unpaired) electrons. The number of hydrogen-bond donors (Lipinski definition) is 3. The highest BCUT2D eigenvalue weighted by atomic mass is 16.6. The van der Waals surface area contributed by atoms with Crippen LogP contribution in [0.15, 0.2) is 30.3 Å². The molecule has 0 fully saturated rings. The van der Waals surface area contributed by atoms with Gasteiger partial charge in [0, 0.05) is 6.42 Å². The molecule has 0 aliphatic carbocycles. The van der Waals surface area contributed by atoms with Crippen LogP contribution >= 0.6 is 0 Å². The minimum Gasteiger partial charge on any atom is -0.480 e. The summed E-state index contributed by atoms with van der Waals surface area (Å²) in [4.78, 5) is 22.7. The number of carbonyl (C=O) groups is 2. The summed E-state index contributed by atoms with van der Waals surface area (Å²) in [6.07, 6.45) is -0.508. The van der Waals surface area contributed by atoms with Gasteiger partial charge in [-0.05, 0) is 26.3 Å². The number of alkyl carbamates (subject to hydrolysis) is 1. The third kappa shape index (κ3) is 6.75. The minimum absolute atomic E-state index is 0. The summed E-state index contributed by atoms with van der Waals surface area (Å²) in [5.74, 6) is -1.09. The van der Waals surface area contributed by atoms with Gasteiger partial charge in [0.2, 0.25) is 0 Å². The standard InChI is InChI=1S/C14H19NO4.H3N/c1-14(2,3)19-13(18)15-11(12(16)17)9-10-7-5-4-6-8-10;/h4-8,11H,9H2,1-3H3,(H,15,18)(H,16,17);1H3/t11-;/m1./s1. The van der Waals surface area contributed by atoms with Crippen molar-refractivity contribution in [2.45, 2.75) is 38.8 Å². The van der Waals surface area contributed by atoms with E-state index in [0.717, 1.165) is 5.56 Å². The van der Waals surface area contributed by atoms with Gasteiger partial charge in [-0.25, -0.2) is 9.59 Å². The molecular weight excluding hydrogens is 260 g/mol. The maximum absolute atomic E-state index is 11.6. The maximum Gasteiger partial charge on any atom is 0.408 e. The Morgan fingerprint density at radius 3 is 2.25 bits per heavy atom. The lowest BCUT2D eigenvalue weighted by Crippen LogP contribution is -2.44. The van der Waals surface area contributed by atoms with Gasteiger partial charge in [-0.1, -0.05) is 30.3 Å². The number of amides is 1. The van der Waals surface area contributed by atoms with E-state index in [1.165, 1.54) is 0 Å². The van der Waals surface area contributed by atoms with E-state index < -0.39 is 23.7 Å². The van der Waals surface area contributed by atoms with Crippen LogP contribution in [0.4, 0.5) is 4.79 Å². The minimum atomic E-state index is -1.09. The summed E-state index contributed by atoms with van der Waals surface area (Å²) in [6, 6.07) is 8.11. The van der Waals surface area contributed by atoms with Crippen LogP contribution in [-0.2, 0) is 16.0 Å². The zero-order valence-corrected chi connectivity index (χ0v) is 12.1. The summed E-state index contributed by atoms with van der Waals surface area (Å²) < 4.78 is 5.04. The first-order valence-corrected chi connectivity index (χ1v) is 6.04. The monoisotopic (exact) mass is 282 g/mol. The molecule has 1 aromatic rings. The number of ether oxygens (including phenoxy) is 1. The fourth-order valence-electron chi connectivity index (χ4n) is 1.50. The largest absolute Gasteiger partial charge is 0.480 e. The number of carboxylic acids is 1. The molecule has 6 heteroatoms. The number of hydrogen-bond acceptors (Lipinski definition) is 4. The molecule has 1 amide bonds. The highest BCUT2D eigenvalue weighted by Gasteiger charge is 2.23. The Balaban J connectivity index is 0.00000361. The first-order valence-electron chi connectivity index (χ1n) is 6.04. The van der Waals surface area contributed by atoms with Crippen LogP contribution in [0.25, 0.3) is 0 Å². The molecule has 1 rings (SSSR count). The molecule has 1 atom stereocenters. The average Bonchev–Trinajstić information content (AvgIpc) is 2.26. The number of nitrogens with one attached hydrogen (secondary N) is 1. The molecule has 0 spiro atoms. The Labute approximate surface area is 118 Å². The molecule has 0 saturated carbocycles. The van der Waals surface area contributed by atoms with E-state index in [1.807, 2.05) is 30.3 Å². The van der Waals surface area contributed by atoms with E-state index in [1.54, 1.807) is 20.8 Å². The highest BCUT2D eigenvalue weighted by Crippen LogP contribution is 2.08. The van der Waals surface area contributed by atoms with Crippen LogP contribution < -0.4 is 11.5 Å². The van der Waals surface area contributed by atoms with Crippen LogP contribution in [0.3, 0.4) is 0 Å². The number of carboxylic acid groups (broad SMARTS) is 1. The van der Waals surface area contributed by atoms with E-state index in [-0.39, 0.29) is 12.6 Å². The van der Waals surface area contributed by atoms with E-state index in [0.29, 0.717) is 0 Å². The molecule has 0 aromatic heterocycles. The predicted octanol–water partition coefficient (Wildman–Crippen LogP) is 2.37. The first-order chi connectivity index (χ1) is 8.78. The molecule has 6 nitrogen and oxygen atoms in total. The third-order valence-corrected chi connectivity index (χ3v) is 2.27. The molecule has 5 N–H and O–H groups in total. The lowest BCUT2D eigenvalue weighted by molar-refractivity contribution is -0.139. The summed E-state index contributed by atoms with van der Waals surface area (Å²) in [6.45, 7) is 5.17. The molecule has 0 unspecified atom stereocenters. The highest BCUT2D eigenvalue weighted by molar-refractivity contribution is 5.80. The molecule has 20 heavy (non-hydrogen) atoms. The zero-order chi connectivity index (χ0) is 14.5. The van der Waals surface area contributed by atoms with Crippen LogP contribution in [0.5, 0.6) is 0 Å². The second kappa shape index (κ2) is 7.49. The van der Waals surface area contributed by atoms with Gasteiger partial charge in [0.05, 0.1) is 0 Å². The maximum atomic E-state index is 11.6. The average molecular weight is 282 g/mol. The SMILES string of the molecule is CC(C)(C)OC(=O)N[C@H](Cc1ccccc1)C(=O)O.N. The van der Waals surface area contributed by atoms with Crippen molar-refractivity contribution in [2.75, 3.05) is 0 Å². The normalized spacial score (nSPS) is 11.9. The second-order valence-electron chi connectivity index (χ2n) is 5.23. The van der Waals surface area contributed by atoms with Gasteiger partial charge in [0.25, 0.3) is 0 Å². The van der Waals surface area contributed by atoms with Crippen LogP contribution in [-0.4, -0.2) is 28.8 Å². The molecular formula is C14H22N2O4. The van der Waals surface area contributed by atoms with Gasteiger partial charge in [-0.2, -0.15) is 0 Å². The predicted molar refractivity (Wildman–Crippen MR) is 76.0 cm³/mol. The number of aliphatic carboxylic acids is 1. The van der Waals surface area contributed by atoms with E-state index >= 15 is 0 Å². The fraction of sp³-hybridized carbons (Fsp3) is 0.429. The molecule has 1 aromatic carbocycles. The van der Waals surface area contributed by atoms with Gasteiger partial charge >= 0.3 is 12.1 Å².